The maximum atomic E-state index is 13.8. The van der Waals surface area contributed by atoms with E-state index in [4.69, 9.17) is 11.6 Å². The Morgan fingerprint density at radius 3 is 2.17 bits per heavy atom. The molecule has 1 amide bonds. The lowest BCUT2D eigenvalue weighted by molar-refractivity contribution is 0.0945. The Balaban J connectivity index is 1.42. The number of unbranched alkanes of at least 4 members (excludes halogenated alkanes) is 2. The van der Waals surface area contributed by atoms with Crippen LogP contribution in [0.2, 0.25) is 5.02 Å². The van der Waals surface area contributed by atoms with E-state index in [9.17, 15) is 21.6 Å². The quantitative estimate of drug-likeness (QED) is 0.172. The largest absolute Gasteiger partial charge is 0.351 e. The fourth-order valence-electron chi connectivity index (χ4n) is 4.41. The molecule has 0 fully saturated rings. The lowest BCUT2D eigenvalue weighted by Crippen LogP contribution is -2.27. The third kappa shape index (κ3) is 6.95. The Hall–Kier alpha value is -2.70. The summed E-state index contributed by atoms with van der Waals surface area (Å²) in [6.45, 7) is 4.18. The van der Waals surface area contributed by atoms with Crippen molar-refractivity contribution in [2.24, 2.45) is 0 Å². The van der Waals surface area contributed by atoms with Gasteiger partial charge in [0.1, 0.15) is 10.6 Å². The second-order valence-corrected chi connectivity index (χ2v) is 14.5. The summed E-state index contributed by atoms with van der Waals surface area (Å²) in [5.74, 6) is -0.550. The first-order chi connectivity index (χ1) is 18.9. The van der Waals surface area contributed by atoms with E-state index < -0.39 is 25.8 Å². The molecule has 0 bridgehead atoms. The summed E-state index contributed by atoms with van der Waals surface area (Å²) in [6.07, 6.45) is 1.80. The van der Waals surface area contributed by atoms with E-state index in [1.54, 1.807) is 36.4 Å². The number of carbonyl (C=O) groups is 1. The molecule has 0 spiro atoms. The number of carbonyl (C=O) groups excluding carboxylic acids is 1. The summed E-state index contributed by atoms with van der Waals surface area (Å²) in [4.78, 5) is 16.3. The van der Waals surface area contributed by atoms with Crippen molar-refractivity contribution in [1.29, 1.82) is 0 Å². The fourth-order valence-corrected chi connectivity index (χ4v) is 7.70. The third-order valence-corrected chi connectivity index (χ3v) is 10.3. The zero-order chi connectivity index (χ0) is 29.1. The molecule has 1 heterocycles. The Labute approximate surface area is 247 Å². The number of nitrogens with one attached hydrogen (secondary N) is 3. The zero-order valence-corrected chi connectivity index (χ0v) is 25.9. The Morgan fingerprint density at radius 2 is 1.50 bits per heavy atom. The van der Waals surface area contributed by atoms with Crippen LogP contribution in [0.1, 0.15) is 40.9 Å². The summed E-state index contributed by atoms with van der Waals surface area (Å²) in [7, 11) is -7.65. The van der Waals surface area contributed by atoms with Crippen LogP contribution < -0.4 is 10.0 Å². The number of H-pyrrole nitrogens is 1. The lowest BCUT2D eigenvalue weighted by atomic mass is 10.2. The Morgan fingerprint density at radius 1 is 0.850 bits per heavy atom. The van der Waals surface area contributed by atoms with Gasteiger partial charge in [0, 0.05) is 33.5 Å². The summed E-state index contributed by atoms with van der Waals surface area (Å²) in [5.41, 5.74) is 2.01. The number of benzene rings is 3. The summed E-state index contributed by atoms with van der Waals surface area (Å²) in [6, 6.07) is 16.2. The van der Waals surface area contributed by atoms with Crippen LogP contribution in [0, 0.1) is 13.8 Å². The van der Waals surface area contributed by atoms with Crippen LogP contribution in [-0.4, -0.2) is 40.8 Å². The highest BCUT2D eigenvalue weighted by atomic mass is 79.9. The molecule has 3 N–H and O–H groups in total. The second kappa shape index (κ2) is 12.4. The molecule has 212 valence electrons. The van der Waals surface area contributed by atoms with Crippen molar-refractivity contribution in [3.05, 3.63) is 87.0 Å². The van der Waals surface area contributed by atoms with Gasteiger partial charge in [-0.1, -0.05) is 40.0 Å². The van der Waals surface area contributed by atoms with E-state index in [0.29, 0.717) is 35.2 Å². The molecule has 0 aliphatic carbocycles. The SMILES string of the molecule is Cc1cc(C)cc(S(=O)(=O)c2c(C(=O)NCCCCCNS(=O)(=O)c3ccc(Br)cc3)[nH]c3ccc(Cl)cc23)c1. The third-order valence-electron chi connectivity index (χ3n) is 6.27. The Kier molecular flexibility index (Phi) is 9.41. The monoisotopic (exact) mass is 665 g/mol. The van der Waals surface area contributed by atoms with Gasteiger partial charge in [0.25, 0.3) is 5.91 Å². The molecule has 0 saturated carbocycles. The number of aromatic amines is 1. The molecule has 4 aromatic rings. The summed E-state index contributed by atoms with van der Waals surface area (Å²) in [5, 5.41) is 3.48. The van der Waals surface area contributed by atoms with E-state index in [0.717, 1.165) is 15.6 Å². The molecule has 1 aromatic heterocycles. The second-order valence-electron chi connectivity index (χ2n) is 9.51. The minimum absolute atomic E-state index is 0.0568. The number of halogens is 2. The van der Waals surface area contributed by atoms with Gasteiger partial charge < -0.3 is 10.3 Å². The van der Waals surface area contributed by atoms with Crippen LogP contribution in [0.15, 0.2) is 79.8 Å². The van der Waals surface area contributed by atoms with Crippen LogP contribution in [0.25, 0.3) is 10.9 Å². The number of aromatic nitrogens is 1. The first-order valence-electron chi connectivity index (χ1n) is 12.6. The highest BCUT2D eigenvalue weighted by molar-refractivity contribution is 9.10. The molecule has 0 aliphatic rings. The Bertz CT molecular complexity index is 1750. The predicted molar refractivity (Wildman–Crippen MR) is 160 cm³/mol. The fraction of sp³-hybridized carbons (Fsp3) is 0.250. The number of hydrogen-bond donors (Lipinski definition) is 3. The average molecular weight is 667 g/mol. The van der Waals surface area contributed by atoms with Crippen LogP contribution >= 0.6 is 27.5 Å². The van der Waals surface area contributed by atoms with E-state index in [1.807, 2.05) is 19.9 Å². The van der Waals surface area contributed by atoms with Crippen LogP contribution in [0.5, 0.6) is 0 Å². The van der Waals surface area contributed by atoms with Gasteiger partial charge in [-0.3, -0.25) is 4.79 Å². The van der Waals surface area contributed by atoms with Crippen LogP contribution in [0.4, 0.5) is 0 Å². The van der Waals surface area contributed by atoms with Gasteiger partial charge in [0.15, 0.2) is 0 Å². The number of rotatable bonds is 11. The van der Waals surface area contributed by atoms with Crippen LogP contribution in [0.3, 0.4) is 0 Å². The lowest BCUT2D eigenvalue weighted by Gasteiger charge is -2.10. The first-order valence-corrected chi connectivity index (χ1v) is 16.7. The highest BCUT2D eigenvalue weighted by Gasteiger charge is 2.30. The predicted octanol–water partition coefficient (Wildman–Crippen LogP) is 5.91. The molecule has 12 heteroatoms. The molecule has 0 unspecified atom stereocenters. The highest BCUT2D eigenvalue weighted by Crippen LogP contribution is 2.34. The minimum Gasteiger partial charge on any atom is -0.351 e. The van der Waals surface area contributed by atoms with E-state index in [1.165, 1.54) is 18.2 Å². The van der Waals surface area contributed by atoms with Gasteiger partial charge >= 0.3 is 0 Å². The number of aryl methyl sites for hydroxylation is 2. The molecule has 0 atom stereocenters. The normalized spacial score (nSPS) is 12.1. The molecule has 4 rings (SSSR count). The number of sulfone groups is 1. The molecule has 0 saturated heterocycles. The number of amides is 1. The summed E-state index contributed by atoms with van der Waals surface area (Å²) >= 11 is 9.47. The van der Waals surface area contributed by atoms with Gasteiger partial charge in [-0.2, -0.15) is 0 Å². The van der Waals surface area contributed by atoms with E-state index in [-0.39, 0.29) is 33.5 Å². The zero-order valence-electron chi connectivity index (χ0n) is 21.9. The minimum atomic E-state index is -4.06. The smallest absolute Gasteiger partial charge is 0.269 e. The van der Waals surface area contributed by atoms with E-state index in [2.05, 4.69) is 31.0 Å². The van der Waals surface area contributed by atoms with Crippen LogP contribution in [-0.2, 0) is 19.9 Å². The van der Waals surface area contributed by atoms with Gasteiger partial charge in [-0.25, -0.2) is 21.6 Å². The van der Waals surface area contributed by atoms with Crippen molar-refractivity contribution >= 4 is 64.2 Å². The van der Waals surface area contributed by atoms with Crippen molar-refractivity contribution in [2.75, 3.05) is 13.1 Å². The van der Waals surface area contributed by atoms with E-state index >= 15 is 0 Å². The molecule has 40 heavy (non-hydrogen) atoms. The van der Waals surface area contributed by atoms with Gasteiger partial charge in [-0.15, -0.1) is 0 Å². The summed E-state index contributed by atoms with van der Waals surface area (Å²) < 4.78 is 55.7. The van der Waals surface area contributed by atoms with Crippen molar-refractivity contribution in [3.8, 4) is 0 Å². The topological polar surface area (TPSA) is 125 Å². The standard InChI is InChI=1S/C28H29BrClN3O5S2/c1-18-14-19(2)16-23(15-18)39(35,36)27-24-17-21(30)8-11-25(24)33-26(27)28(34)31-12-4-3-5-13-32-40(37,38)22-9-6-20(29)7-10-22/h6-11,14-17,32-33H,3-5,12-13H2,1-2H3,(H,31,34). The number of hydrogen-bond acceptors (Lipinski definition) is 5. The van der Waals surface area contributed by atoms with Gasteiger partial charge in [0.2, 0.25) is 19.9 Å². The maximum Gasteiger partial charge on any atom is 0.269 e. The molecular weight excluding hydrogens is 638 g/mol. The molecule has 8 nitrogen and oxygen atoms in total. The van der Waals surface area contributed by atoms with Crippen molar-refractivity contribution < 1.29 is 21.6 Å². The van der Waals surface area contributed by atoms with Gasteiger partial charge in [0.05, 0.1) is 9.79 Å². The van der Waals surface area contributed by atoms with Crippen molar-refractivity contribution in [2.45, 2.75) is 47.8 Å². The maximum absolute atomic E-state index is 13.8. The van der Waals surface area contributed by atoms with Crippen molar-refractivity contribution in [3.63, 3.8) is 0 Å². The molecule has 3 aromatic carbocycles. The molecule has 0 aliphatic heterocycles. The van der Waals surface area contributed by atoms with Gasteiger partial charge in [-0.05, 0) is 92.4 Å². The first kappa shape index (κ1) is 30.3. The number of fused-ring (bicyclic) bond motifs is 1. The molecular formula is C28H29BrClN3O5S2. The average Bonchev–Trinajstić information content (AvgIpc) is 3.27. The number of sulfonamides is 1. The van der Waals surface area contributed by atoms with Crippen molar-refractivity contribution in [1.82, 2.24) is 15.0 Å². The molecule has 0 radical (unpaired) electrons.